The van der Waals surface area contributed by atoms with Crippen molar-refractivity contribution in [3.8, 4) is 11.5 Å². The van der Waals surface area contributed by atoms with Gasteiger partial charge in [-0.1, -0.05) is 6.07 Å². The fourth-order valence-electron chi connectivity index (χ4n) is 1.13. The number of alkyl halides is 1. The van der Waals surface area contributed by atoms with E-state index in [0.29, 0.717) is 0 Å². The first-order chi connectivity index (χ1) is 6.93. The van der Waals surface area contributed by atoms with Crippen molar-refractivity contribution in [2.45, 2.75) is 19.1 Å². The number of phenolic OH excluding ortho intramolecular Hbond substituents is 2. The molecule has 1 unspecified atom stereocenters. The molecule has 0 radical (unpaired) electrons. The van der Waals surface area contributed by atoms with E-state index in [0.717, 1.165) is 12.1 Å². The lowest BCUT2D eigenvalue weighted by Gasteiger charge is -2.14. The van der Waals surface area contributed by atoms with Crippen molar-refractivity contribution in [2.75, 3.05) is 0 Å². The predicted molar refractivity (Wildman–Crippen MR) is 52.3 cm³/mol. The normalized spacial score (nSPS) is 14.6. The molecule has 82 valence electrons. The lowest BCUT2D eigenvalue weighted by Crippen LogP contribution is -2.33. The fraction of sp³-hybridized carbons (Fsp3) is 0.300. The zero-order valence-electron chi connectivity index (χ0n) is 8.14. The van der Waals surface area contributed by atoms with Crippen LogP contribution in [-0.2, 0) is 4.79 Å². The van der Waals surface area contributed by atoms with E-state index in [1.54, 1.807) is 0 Å². The Labute approximate surface area is 86.1 Å². The SMILES string of the molecule is CC(=O)[C@@H](N)C(F)c1ccc(O)c(O)c1. The molecular formula is C10H12FNO3. The molecule has 1 aromatic carbocycles. The summed E-state index contributed by atoms with van der Waals surface area (Å²) in [5, 5.41) is 18.1. The maximum Gasteiger partial charge on any atom is 0.157 e. The maximum absolute atomic E-state index is 13.6. The summed E-state index contributed by atoms with van der Waals surface area (Å²) in [7, 11) is 0. The second kappa shape index (κ2) is 4.27. The van der Waals surface area contributed by atoms with Gasteiger partial charge in [-0.2, -0.15) is 0 Å². The molecule has 0 aliphatic rings. The van der Waals surface area contributed by atoms with Crippen molar-refractivity contribution in [3.63, 3.8) is 0 Å². The summed E-state index contributed by atoms with van der Waals surface area (Å²) in [4.78, 5) is 10.8. The number of benzene rings is 1. The van der Waals surface area contributed by atoms with E-state index in [1.165, 1.54) is 13.0 Å². The fourth-order valence-corrected chi connectivity index (χ4v) is 1.13. The van der Waals surface area contributed by atoms with Gasteiger partial charge in [0.1, 0.15) is 12.0 Å². The summed E-state index contributed by atoms with van der Waals surface area (Å²) < 4.78 is 13.6. The molecule has 15 heavy (non-hydrogen) atoms. The molecule has 0 aliphatic heterocycles. The molecule has 4 N–H and O–H groups in total. The van der Waals surface area contributed by atoms with Crippen molar-refractivity contribution in [2.24, 2.45) is 5.73 Å². The molecule has 0 aromatic heterocycles. The first kappa shape index (κ1) is 11.5. The van der Waals surface area contributed by atoms with Gasteiger partial charge in [-0.05, 0) is 24.6 Å². The lowest BCUT2D eigenvalue weighted by molar-refractivity contribution is -0.119. The second-order valence-corrected chi connectivity index (χ2v) is 3.29. The molecule has 0 saturated heterocycles. The van der Waals surface area contributed by atoms with Crippen molar-refractivity contribution in [1.82, 2.24) is 0 Å². The van der Waals surface area contributed by atoms with E-state index in [2.05, 4.69) is 0 Å². The van der Waals surface area contributed by atoms with Crippen molar-refractivity contribution in [1.29, 1.82) is 0 Å². The van der Waals surface area contributed by atoms with Gasteiger partial charge in [-0.3, -0.25) is 4.79 Å². The largest absolute Gasteiger partial charge is 0.504 e. The van der Waals surface area contributed by atoms with Gasteiger partial charge in [-0.15, -0.1) is 0 Å². The van der Waals surface area contributed by atoms with Crippen LogP contribution in [0.25, 0.3) is 0 Å². The van der Waals surface area contributed by atoms with Gasteiger partial charge in [0.15, 0.2) is 11.5 Å². The van der Waals surface area contributed by atoms with Gasteiger partial charge < -0.3 is 15.9 Å². The molecule has 0 spiro atoms. The number of hydrogen-bond donors (Lipinski definition) is 3. The summed E-state index contributed by atoms with van der Waals surface area (Å²) in [5.41, 5.74) is 5.37. The van der Waals surface area contributed by atoms with Crippen molar-refractivity contribution in [3.05, 3.63) is 23.8 Å². The highest BCUT2D eigenvalue weighted by Gasteiger charge is 2.23. The van der Waals surface area contributed by atoms with Crippen LogP contribution in [0.3, 0.4) is 0 Å². The lowest BCUT2D eigenvalue weighted by atomic mass is 10.0. The summed E-state index contributed by atoms with van der Waals surface area (Å²) >= 11 is 0. The van der Waals surface area contributed by atoms with Crippen molar-refractivity contribution < 1.29 is 19.4 Å². The van der Waals surface area contributed by atoms with E-state index >= 15 is 0 Å². The molecule has 0 saturated carbocycles. The Morgan fingerprint density at radius 1 is 1.40 bits per heavy atom. The van der Waals surface area contributed by atoms with Crippen LogP contribution in [0.5, 0.6) is 11.5 Å². The maximum atomic E-state index is 13.6. The van der Waals surface area contributed by atoms with Gasteiger partial charge in [-0.25, -0.2) is 4.39 Å². The summed E-state index contributed by atoms with van der Waals surface area (Å²) in [5.74, 6) is -1.26. The molecule has 2 atom stereocenters. The molecule has 0 heterocycles. The van der Waals surface area contributed by atoms with Crippen LogP contribution in [-0.4, -0.2) is 22.0 Å². The predicted octanol–water partition coefficient (Wildman–Crippen LogP) is 1.02. The molecule has 0 aliphatic carbocycles. The van der Waals surface area contributed by atoms with Gasteiger partial charge in [0.2, 0.25) is 0 Å². The number of carbonyl (C=O) groups excluding carboxylic acids is 1. The Bertz CT molecular complexity index is 381. The number of ketones is 1. The van der Waals surface area contributed by atoms with Crippen LogP contribution in [0.15, 0.2) is 18.2 Å². The average Bonchev–Trinajstić information content (AvgIpc) is 2.19. The summed E-state index contributed by atoms with van der Waals surface area (Å²) in [6.07, 6.45) is -1.69. The monoisotopic (exact) mass is 213 g/mol. The Morgan fingerprint density at radius 2 is 2.00 bits per heavy atom. The minimum Gasteiger partial charge on any atom is -0.504 e. The molecule has 1 rings (SSSR count). The zero-order chi connectivity index (χ0) is 11.6. The third-order valence-corrected chi connectivity index (χ3v) is 2.10. The molecule has 0 fully saturated rings. The standard InChI is InChI=1S/C10H12FNO3/c1-5(13)10(12)9(11)6-2-3-7(14)8(15)4-6/h2-4,9-10,14-15H,12H2,1H3/t9?,10-/m1/s1. The topological polar surface area (TPSA) is 83.6 Å². The number of phenols is 2. The van der Waals surface area contributed by atoms with E-state index < -0.39 is 23.7 Å². The Morgan fingerprint density at radius 3 is 2.47 bits per heavy atom. The molecule has 0 amide bonds. The Balaban J connectivity index is 2.96. The van der Waals surface area contributed by atoms with Crippen LogP contribution in [0.4, 0.5) is 4.39 Å². The molecule has 5 heteroatoms. The quantitative estimate of drug-likeness (QED) is 0.654. The summed E-state index contributed by atoms with van der Waals surface area (Å²) in [6.45, 7) is 1.19. The van der Waals surface area contributed by atoms with Crippen LogP contribution in [0.1, 0.15) is 18.7 Å². The second-order valence-electron chi connectivity index (χ2n) is 3.29. The molecule has 0 bridgehead atoms. The first-order valence-corrected chi connectivity index (χ1v) is 4.35. The molecule has 4 nitrogen and oxygen atoms in total. The number of aromatic hydroxyl groups is 2. The van der Waals surface area contributed by atoms with E-state index in [1.807, 2.05) is 0 Å². The number of hydrogen-bond acceptors (Lipinski definition) is 4. The van der Waals surface area contributed by atoms with Gasteiger partial charge in [0, 0.05) is 0 Å². The highest BCUT2D eigenvalue weighted by atomic mass is 19.1. The Hall–Kier alpha value is -1.62. The first-order valence-electron chi connectivity index (χ1n) is 4.35. The smallest absolute Gasteiger partial charge is 0.157 e. The van der Waals surface area contributed by atoms with Crippen LogP contribution < -0.4 is 5.73 Å². The highest BCUT2D eigenvalue weighted by molar-refractivity contribution is 5.82. The number of carbonyl (C=O) groups is 1. The van der Waals surface area contributed by atoms with Gasteiger partial charge in [0.25, 0.3) is 0 Å². The third-order valence-electron chi connectivity index (χ3n) is 2.10. The van der Waals surface area contributed by atoms with Crippen LogP contribution in [0, 0.1) is 0 Å². The van der Waals surface area contributed by atoms with Crippen molar-refractivity contribution >= 4 is 5.78 Å². The third kappa shape index (κ3) is 2.44. The minimum absolute atomic E-state index is 0.0630. The van der Waals surface area contributed by atoms with E-state index in [4.69, 9.17) is 15.9 Å². The molecular weight excluding hydrogens is 201 g/mol. The van der Waals surface area contributed by atoms with Gasteiger partial charge in [0.05, 0.1) is 6.04 Å². The van der Waals surface area contributed by atoms with Crippen LogP contribution >= 0.6 is 0 Å². The van der Waals surface area contributed by atoms with Crippen LogP contribution in [0.2, 0.25) is 0 Å². The Kier molecular flexibility index (Phi) is 3.26. The average molecular weight is 213 g/mol. The van der Waals surface area contributed by atoms with E-state index in [-0.39, 0.29) is 11.3 Å². The number of halogens is 1. The highest BCUT2D eigenvalue weighted by Crippen LogP contribution is 2.30. The number of nitrogens with two attached hydrogens (primary N) is 1. The minimum atomic E-state index is -1.69. The zero-order valence-corrected chi connectivity index (χ0v) is 8.14. The molecule has 1 aromatic rings. The number of rotatable bonds is 3. The number of Topliss-reactive ketones (excluding diaryl/α,β-unsaturated/α-hetero) is 1. The van der Waals surface area contributed by atoms with E-state index in [9.17, 15) is 9.18 Å². The summed E-state index contributed by atoms with van der Waals surface area (Å²) in [6, 6.07) is 2.20. The van der Waals surface area contributed by atoms with Gasteiger partial charge >= 0.3 is 0 Å².